The fourth-order valence-corrected chi connectivity index (χ4v) is 1.89. The van der Waals surface area contributed by atoms with Crippen LogP contribution in [0, 0.1) is 5.82 Å². The molecule has 0 atom stereocenters. The summed E-state index contributed by atoms with van der Waals surface area (Å²) in [5, 5.41) is 5.47. The first-order valence-corrected chi connectivity index (χ1v) is 5.64. The van der Waals surface area contributed by atoms with E-state index in [0.717, 1.165) is 5.69 Å². The molecule has 1 aromatic carbocycles. The van der Waals surface area contributed by atoms with Crippen LogP contribution in [0.1, 0.15) is 5.69 Å². The summed E-state index contributed by atoms with van der Waals surface area (Å²) < 4.78 is 12.9. The van der Waals surface area contributed by atoms with Gasteiger partial charge in [0.05, 0.1) is 28.5 Å². The number of thiazole rings is 1. The lowest BCUT2D eigenvalue weighted by Crippen LogP contribution is -2.00. The van der Waals surface area contributed by atoms with Crippen molar-refractivity contribution in [1.82, 2.24) is 4.98 Å². The molecular formula is C10H8ClFN2S. The molecule has 5 heteroatoms. The minimum Gasteiger partial charge on any atom is -0.378 e. The van der Waals surface area contributed by atoms with Gasteiger partial charge in [-0.1, -0.05) is 11.6 Å². The molecule has 0 aliphatic carbocycles. The Labute approximate surface area is 95.7 Å². The lowest BCUT2D eigenvalue weighted by atomic mass is 10.3. The zero-order valence-electron chi connectivity index (χ0n) is 7.71. The third-order valence-corrected chi connectivity index (χ3v) is 2.84. The smallest absolute Gasteiger partial charge is 0.125 e. The molecule has 0 saturated heterocycles. The normalized spacial score (nSPS) is 10.3. The molecule has 0 aliphatic rings. The SMILES string of the molecule is Fc1ccc(Cl)c(NCc2cscn2)c1. The molecule has 1 aromatic heterocycles. The lowest BCUT2D eigenvalue weighted by molar-refractivity contribution is 0.628. The number of nitrogens with one attached hydrogen (secondary N) is 1. The van der Waals surface area contributed by atoms with E-state index in [1.807, 2.05) is 5.38 Å². The Balaban J connectivity index is 2.07. The molecule has 0 radical (unpaired) electrons. The number of benzene rings is 1. The topological polar surface area (TPSA) is 24.9 Å². The third kappa shape index (κ3) is 2.67. The van der Waals surface area contributed by atoms with E-state index in [-0.39, 0.29) is 5.82 Å². The highest BCUT2D eigenvalue weighted by molar-refractivity contribution is 7.07. The number of aromatic nitrogens is 1. The van der Waals surface area contributed by atoms with Crippen LogP contribution in [-0.2, 0) is 6.54 Å². The molecule has 78 valence electrons. The van der Waals surface area contributed by atoms with Crippen LogP contribution in [0.2, 0.25) is 5.02 Å². The van der Waals surface area contributed by atoms with Gasteiger partial charge in [-0.15, -0.1) is 11.3 Å². The quantitative estimate of drug-likeness (QED) is 0.891. The van der Waals surface area contributed by atoms with Gasteiger partial charge in [-0.25, -0.2) is 9.37 Å². The monoisotopic (exact) mass is 242 g/mol. The van der Waals surface area contributed by atoms with Crippen LogP contribution in [0.25, 0.3) is 0 Å². The van der Waals surface area contributed by atoms with E-state index in [1.165, 1.54) is 29.5 Å². The molecular weight excluding hydrogens is 235 g/mol. The van der Waals surface area contributed by atoms with Crippen molar-refractivity contribution in [2.75, 3.05) is 5.32 Å². The van der Waals surface area contributed by atoms with Crippen LogP contribution < -0.4 is 5.32 Å². The first kappa shape index (κ1) is 10.4. The fourth-order valence-electron chi connectivity index (χ4n) is 1.14. The van der Waals surface area contributed by atoms with E-state index < -0.39 is 0 Å². The molecule has 0 saturated carbocycles. The van der Waals surface area contributed by atoms with Crippen molar-refractivity contribution in [3.8, 4) is 0 Å². The standard InChI is InChI=1S/C10H8ClFN2S/c11-9-2-1-7(12)3-10(9)13-4-8-5-15-6-14-8/h1-3,5-6,13H,4H2. The highest BCUT2D eigenvalue weighted by Crippen LogP contribution is 2.22. The van der Waals surface area contributed by atoms with Gasteiger partial charge in [0, 0.05) is 5.38 Å². The number of anilines is 1. The first-order valence-electron chi connectivity index (χ1n) is 4.31. The van der Waals surface area contributed by atoms with Crippen molar-refractivity contribution in [3.63, 3.8) is 0 Å². The largest absolute Gasteiger partial charge is 0.378 e. The van der Waals surface area contributed by atoms with Gasteiger partial charge in [0.15, 0.2) is 0 Å². The third-order valence-electron chi connectivity index (χ3n) is 1.87. The van der Waals surface area contributed by atoms with Crippen molar-refractivity contribution in [2.24, 2.45) is 0 Å². The van der Waals surface area contributed by atoms with Crippen LogP contribution in [0.4, 0.5) is 10.1 Å². The van der Waals surface area contributed by atoms with Gasteiger partial charge in [0.2, 0.25) is 0 Å². The number of halogens is 2. The van der Waals surface area contributed by atoms with Crippen LogP contribution in [0.15, 0.2) is 29.1 Å². The van der Waals surface area contributed by atoms with Gasteiger partial charge >= 0.3 is 0 Å². The molecule has 1 N–H and O–H groups in total. The average molecular weight is 243 g/mol. The minimum absolute atomic E-state index is 0.305. The summed E-state index contributed by atoms with van der Waals surface area (Å²) in [6.45, 7) is 0.548. The predicted octanol–water partition coefficient (Wildman–Crippen LogP) is 3.55. The van der Waals surface area contributed by atoms with Gasteiger partial charge < -0.3 is 5.32 Å². The Hall–Kier alpha value is -1.13. The van der Waals surface area contributed by atoms with Crippen molar-refractivity contribution in [2.45, 2.75) is 6.54 Å². The van der Waals surface area contributed by atoms with Gasteiger partial charge in [0.1, 0.15) is 5.82 Å². The van der Waals surface area contributed by atoms with Gasteiger partial charge in [-0.2, -0.15) is 0 Å². The molecule has 0 unspecified atom stereocenters. The van der Waals surface area contributed by atoms with Gasteiger partial charge in [-0.05, 0) is 18.2 Å². The highest BCUT2D eigenvalue weighted by Gasteiger charge is 2.02. The number of hydrogen-bond acceptors (Lipinski definition) is 3. The molecule has 1 heterocycles. The first-order chi connectivity index (χ1) is 7.25. The molecule has 15 heavy (non-hydrogen) atoms. The van der Waals surface area contributed by atoms with E-state index in [4.69, 9.17) is 11.6 Å². The molecule has 0 spiro atoms. The predicted molar refractivity (Wildman–Crippen MR) is 60.9 cm³/mol. The lowest BCUT2D eigenvalue weighted by Gasteiger charge is -2.06. The second-order valence-corrected chi connectivity index (χ2v) is 4.08. The summed E-state index contributed by atoms with van der Waals surface area (Å²) in [6.07, 6.45) is 0. The van der Waals surface area contributed by atoms with Crippen LogP contribution in [0.5, 0.6) is 0 Å². The van der Waals surface area contributed by atoms with E-state index in [9.17, 15) is 4.39 Å². The summed E-state index contributed by atoms with van der Waals surface area (Å²) in [6, 6.07) is 4.23. The van der Waals surface area contributed by atoms with Crippen molar-refractivity contribution in [3.05, 3.63) is 45.6 Å². The molecule has 2 aromatic rings. The average Bonchev–Trinajstić information content (AvgIpc) is 2.72. The van der Waals surface area contributed by atoms with E-state index in [1.54, 1.807) is 5.51 Å². The maximum Gasteiger partial charge on any atom is 0.125 e. The Kier molecular flexibility index (Phi) is 3.18. The zero-order valence-corrected chi connectivity index (χ0v) is 9.28. The zero-order chi connectivity index (χ0) is 10.7. The highest BCUT2D eigenvalue weighted by atomic mass is 35.5. The summed E-state index contributed by atoms with van der Waals surface area (Å²) in [5.41, 5.74) is 3.26. The van der Waals surface area contributed by atoms with Crippen LogP contribution in [-0.4, -0.2) is 4.98 Å². The number of hydrogen-bond donors (Lipinski definition) is 1. The van der Waals surface area contributed by atoms with Crippen molar-refractivity contribution < 1.29 is 4.39 Å². The maximum atomic E-state index is 12.9. The minimum atomic E-state index is -0.305. The number of rotatable bonds is 3. The molecule has 0 amide bonds. The summed E-state index contributed by atoms with van der Waals surface area (Å²) in [4.78, 5) is 4.10. The number of nitrogens with zero attached hydrogens (tertiary/aromatic N) is 1. The summed E-state index contributed by atoms with van der Waals surface area (Å²) in [7, 11) is 0. The summed E-state index contributed by atoms with van der Waals surface area (Å²) in [5.74, 6) is -0.305. The summed E-state index contributed by atoms with van der Waals surface area (Å²) >= 11 is 7.41. The Morgan fingerprint density at radius 2 is 2.33 bits per heavy atom. The maximum absolute atomic E-state index is 12.9. The van der Waals surface area contributed by atoms with E-state index >= 15 is 0 Å². The molecule has 0 bridgehead atoms. The Morgan fingerprint density at radius 3 is 3.07 bits per heavy atom. The fraction of sp³-hybridized carbons (Fsp3) is 0.100. The van der Waals surface area contributed by atoms with Crippen LogP contribution >= 0.6 is 22.9 Å². The van der Waals surface area contributed by atoms with E-state index in [2.05, 4.69) is 10.3 Å². The molecule has 2 rings (SSSR count). The van der Waals surface area contributed by atoms with Crippen molar-refractivity contribution >= 4 is 28.6 Å². The van der Waals surface area contributed by atoms with Gasteiger partial charge in [0.25, 0.3) is 0 Å². The molecule has 2 nitrogen and oxygen atoms in total. The van der Waals surface area contributed by atoms with E-state index in [0.29, 0.717) is 17.3 Å². The second-order valence-electron chi connectivity index (χ2n) is 2.96. The van der Waals surface area contributed by atoms with Gasteiger partial charge in [-0.3, -0.25) is 0 Å². The molecule has 0 fully saturated rings. The van der Waals surface area contributed by atoms with Crippen molar-refractivity contribution in [1.29, 1.82) is 0 Å². The van der Waals surface area contributed by atoms with Crippen LogP contribution in [0.3, 0.4) is 0 Å². The Bertz CT molecular complexity index is 445. The second kappa shape index (κ2) is 4.59. The molecule has 0 aliphatic heterocycles. The Morgan fingerprint density at radius 1 is 1.47 bits per heavy atom.